The predicted molar refractivity (Wildman–Crippen MR) is 65.3 cm³/mol. The molecule has 1 atom stereocenters. The molecule has 0 aliphatic carbocycles. The zero-order valence-corrected chi connectivity index (χ0v) is 10.1. The molecule has 0 bridgehead atoms. The van der Waals surface area contributed by atoms with Crippen molar-refractivity contribution in [1.29, 1.82) is 0 Å². The van der Waals surface area contributed by atoms with E-state index in [1.807, 2.05) is 6.07 Å². The largest absolute Gasteiger partial charge is 0.469 e. The van der Waals surface area contributed by atoms with Crippen molar-refractivity contribution >= 4 is 5.97 Å². The molecule has 0 aliphatic heterocycles. The maximum Gasteiger partial charge on any atom is 0.305 e. The number of hydrogen-bond donors (Lipinski definition) is 0. The van der Waals surface area contributed by atoms with Crippen LogP contribution in [0.15, 0.2) is 30.3 Å². The first-order chi connectivity index (χ1) is 7.77. The standard InChI is InChI=1S/C14H20O2/c1-3-7-12(10-11-14(15)16-2)13-8-5-4-6-9-13/h4-6,8-9,12H,3,7,10-11H2,1-2H3. The third-order valence-corrected chi connectivity index (χ3v) is 2.83. The normalized spacial score (nSPS) is 12.1. The molecule has 0 saturated heterocycles. The highest BCUT2D eigenvalue weighted by Crippen LogP contribution is 2.26. The van der Waals surface area contributed by atoms with E-state index < -0.39 is 0 Å². The molecule has 2 heteroatoms. The molecule has 0 spiro atoms. The number of hydrogen-bond acceptors (Lipinski definition) is 2. The van der Waals surface area contributed by atoms with Gasteiger partial charge in [0.05, 0.1) is 7.11 Å². The zero-order chi connectivity index (χ0) is 11.8. The first-order valence-corrected chi connectivity index (χ1v) is 5.89. The lowest BCUT2D eigenvalue weighted by Crippen LogP contribution is -2.05. The molecule has 1 aromatic rings. The van der Waals surface area contributed by atoms with Gasteiger partial charge in [-0.3, -0.25) is 4.79 Å². The highest BCUT2D eigenvalue weighted by Gasteiger charge is 2.12. The minimum atomic E-state index is -0.114. The van der Waals surface area contributed by atoms with Gasteiger partial charge >= 0.3 is 5.97 Å². The van der Waals surface area contributed by atoms with Crippen molar-refractivity contribution in [2.75, 3.05) is 7.11 Å². The molecule has 2 nitrogen and oxygen atoms in total. The van der Waals surface area contributed by atoms with E-state index in [-0.39, 0.29) is 5.97 Å². The summed E-state index contributed by atoms with van der Waals surface area (Å²) in [7, 11) is 1.44. The number of methoxy groups -OCH3 is 1. The van der Waals surface area contributed by atoms with Gasteiger partial charge in [0.2, 0.25) is 0 Å². The summed E-state index contributed by atoms with van der Waals surface area (Å²) in [5.74, 6) is 0.363. The van der Waals surface area contributed by atoms with Gasteiger partial charge in [0.25, 0.3) is 0 Å². The summed E-state index contributed by atoms with van der Waals surface area (Å²) >= 11 is 0. The fraction of sp³-hybridized carbons (Fsp3) is 0.500. The van der Waals surface area contributed by atoms with Crippen LogP contribution in [0, 0.1) is 0 Å². The Balaban J connectivity index is 2.57. The molecule has 0 N–H and O–H groups in total. The van der Waals surface area contributed by atoms with Gasteiger partial charge in [0.15, 0.2) is 0 Å². The topological polar surface area (TPSA) is 26.3 Å². The average Bonchev–Trinajstić information content (AvgIpc) is 2.35. The van der Waals surface area contributed by atoms with Crippen LogP contribution in [0.1, 0.15) is 44.1 Å². The molecule has 1 unspecified atom stereocenters. The number of esters is 1. The lowest BCUT2D eigenvalue weighted by Gasteiger charge is -2.15. The molecular formula is C14H20O2. The Bertz CT molecular complexity index is 306. The van der Waals surface area contributed by atoms with Gasteiger partial charge in [0.1, 0.15) is 0 Å². The van der Waals surface area contributed by atoms with Crippen LogP contribution in [0.2, 0.25) is 0 Å². The second-order valence-electron chi connectivity index (χ2n) is 4.01. The van der Waals surface area contributed by atoms with Crippen LogP contribution in [-0.2, 0) is 9.53 Å². The van der Waals surface area contributed by atoms with Crippen LogP contribution in [0.5, 0.6) is 0 Å². The van der Waals surface area contributed by atoms with Crippen molar-refractivity contribution in [3.05, 3.63) is 35.9 Å². The summed E-state index contributed by atoms with van der Waals surface area (Å²) in [5, 5.41) is 0. The zero-order valence-electron chi connectivity index (χ0n) is 10.1. The molecule has 0 aromatic heterocycles. The van der Waals surface area contributed by atoms with Crippen LogP contribution in [0.4, 0.5) is 0 Å². The number of ether oxygens (including phenoxy) is 1. The predicted octanol–water partition coefficient (Wildman–Crippen LogP) is 3.52. The number of carbonyl (C=O) groups excluding carboxylic acids is 1. The van der Waals surface area contributed by atoms with Crippen molar-refractivity contribution in [3.63, 3.8) is 0 Å². The van der Waals surface area contributed by atoms with E-state index in [4.69, 9.17) is 0 Å². The first kappa shape index (κ1) is 12.8. The Labute approximate surface area is 97.6 Å². The number of benzene rings is 1. The number of carbonyl (C=O) groups is 1. The Morgan fingerprint density at radius 1 is 1.25 bits per heavy atom. The minimum Gasteiger partial charge on any atom is -0.469 e. The Morgan fingerprint density at radius 3 is 2.50 bits per heavy atom. The quantitative estimate of drug-likeness (QED) is 0.686. The molecular weight excluding hydrogens is 200 g/mol. The maximum absolute atomic E-state index is 11.1. The molecule has 0 fully saturated rings. The van der Waals surface area contributed by atoms with Crippen molar-refractivity contribution in [2.24, 2.45) is 0 Å². The van der Waals surface area contributed by atoms with Crippen LogP contribution in [0.25, 0.3) is 0 Å². The molecule has 0 saturated carbocycles. The lowest BCUT2D eigenvalue weighted by molar-refractivity contribution is -0.140. The summed E-state index contributed by atoms with van der Waals surface area (Å²) in [6.07, 6.45) is 3.66. The van der Waals surface area contributed by atoms with Crippen LogP contribution in [-0.4, -0.2) is 13.1 Å². The Morgan fingerprint density at radius 2 is 1.94 bits per heavy atom. The second kappa shape index (κ2) is 7.04. The molecule has 0 heterocycles. The summed E-state index contributed by atoms with van der Waals surface area (Å²) in [5.41, 5.74) is 1.33. The summed E-state index contributed by atoms with van der Waals surface area (Å²) in [4.78, 5) is 11.1. The molecule has 1 aromatic carbocycles. The summed E-state index contributed by atoms with van der Waals surface area (Å²) < 4.78 is 4.68. The molecule has 16 heavy (non-hydrogen) atoms. The minimum absolute atomic E-state index is 0.114. The number of rotatable bonds is 6. The van der Waals surface area contributed by atoms with Gasteiger partial charge in [-0.05, 0) is 24.3 Å². The van der Waals surface area contributed by atoms with Crippen molar-refractivity contribution < 1.29 is 9.53 Å². The summed E-state index contributed by atoms with van der Waals surface area (Å²) in [6, 6.07) is 10.4. The fourth-order valence-electron chi connectivity index (χ4n) is 1.95. The van der Waals surface area contributed by atoms with Gasteiger partial charge < -0.3 is 4.74 Å². The van der Waals surface area contributed by atoms with Crippen molar-refractivity contribution in [1.82, 2.24) is 0 Å². The Hall–Kier alpha value is -1.31. The van der Waals surface area contributed by atoms with E-state index in [1.54, 1.807) is 0 Å². The third-order valence-electron chi connectivity index (χ3n) is 2.83. The highest BCUT2D eigenvalue weighted by molar-refractivity contribution is 5.69. The van der Waals surface area contributed by atoms with Crippen LogP contribution in [0.3, 0.4) is 0 Å². The molecule has 0 aliphatic rings. The second-order valence-corrected chi connectivity index (χ2v) is 4.01. The van der Waals surface area contributed by atoms with E-state index in [1.165, 1.54) is 12.7 Å². The molecule has 1 rings (SSSR count). The van der Waals surface area contributed by atoms with Gasteiger partial charge in [-0.25, -0.2) is 0 Å². The van der Waals surface area contributed by atoms with E-state index in [0.717, 1.165) is 19.3 Å². The van der Waals surface area contributed by atoms with E-state index in [9.17, 15) is 4.79 Å². The van der Waals surface area contributed by atoms with Crippen molar-refractivity contribution in [2.45, 2.75) is 38.5 Å². The maximum atomic E-state index is 11.1. The molecule has 88 valence electrons. The highest BCUT2D eigenvalue weighted by atomic mass is 16.5. The van der Waals surface area contributed by atoms with E-state index >= 15 is 0 Å². The van der Waals surface area contributed by atoms with Gasteiger partial charge in [-0.15, -0.1) is 0 Å². The third kappa shape index (κ3) is 4.05. The van der Waals surface area contributed by atoms with E-state index in [0.29, 0.717) is 12.3 Å². The monoisotopic (exact) mass is 220 g/mol. The summed E-state index contributed by atoms with van der Waals surface area (Å²) in [6.45, 7) is 2.17. The van der Waals surface area contributed by atoms with E-state index in [2.05, 4.69) is 35.9 Å². The smallest absolute Gasteiger partial charge is 0.305 e. The Kier molecular flexibility index (Phi) is 5.62. The molecule has 0 amide bonds. The van der Waals surface area contributed by atoms with Gasteiger partial charge in [-0.2, -0.15) is 0 Å². The average molecular weight is 220 g/mol. The van der Waals surface area contributed by atoms with Gasteiger partial charge in [0, 0.05) is 6.42 Å². The van der Waals surface area contributed by atoms with Crippen LogP contribution >= 0.6 is 0 Å². The van der Waals surface area contributed by atoms with Crippen LogP contribution < -0.4 is 0 Å². The fourth-order valence-corrected chi connectivity index (χ4v) is 1.95. The SMILES string of the molecule is CCCC(CCC(=O)OC)c1ccccc1. The van der Waals surface area contributed by atoms with Gasteiger partial charge in [-0.1, -0.05) is 43.7 Å². The lowest BCUT2D eigenvalue weighted by atomic mass is 9.90. The molecule has 0 radical (unpaired) electrons. The first-order valence-electron chi connectivity index (χ1n) is 5.89. The van der Waals surface area contributed by atoms with Crippen molar-refractivity contribution in [3.8, 4) is 0 Å².